The zero-order chi connectivity index (χ0) is 8.20. The van der Waals surface area contributed by atoms with Gasteiger partial charge in [0.2, 0.25) is 0 Å². The Kier molecular flexibility index (Phi) is 3.91. The fourth-order valence-corrected chi connectivity index (χ4v) is 0.752. The molecule has 2 nitrogen and oxygen atoms in total. The second kappa shape index (κ2) is 3.94. The zero-order valence-electron chi connectivity index (χ0n) is 7.59. The van der Waals surface area contributed by atoms with Gasteiger partial charge in [0.25, 0.3) is 0 Å². The maximum atomic E-state index is 9.28. The van der Waals surface area contributed by atoms with E-state index in [2.05, 4.69) is 21.0 Å². The molecule has 10 heavy (non-hydrogen) atoms. The molecule has 0 spiro atoms. The Labute approximate surface area is 64.1 Å². The van der Waals surface area contributed by atoms with E-state index < -0.39 is 0 Å². The first-order valence-corrected chi connectivity index (χ1v) is 4.01. The van der Waals surface area contributed by atoms with Gasteiger partial charge in [-0.2, -0.15) is 0 Å². The van der Waals surface area contributed by atoms with Crippen molar-refractivity contribution in [2.24, 2.45) is 0 Å². The van der Waals surface area contributed by atoms with Gasteiger partial charge >= 0.3 is 0 Å². The summed E-state index contributed by atoms with van der Waals surface area (Å²) in [6, 6.07) is 0. The molecule has 0 bridgehead atoms. The van der Waals surface area contributed by atoms with Crippen LogP contribution >= 0.6 is 0 Å². The fourth-order valence-electron chi connectivity index (χ4n) is 0.752. The Morgan fingerprint density at radius 2 is 1.90 bits per heavy atom. The lowest BCUT2D eigenvalue weighted by atomic mass is 10.3. The number of quaternary nitrogens is 1. The van der Waals surface area contributed by atoms with Crippen LogP contribution in [0.25, 0.3) is 0 Å². The van der Waals surface area contributed by atoms with Crippen LogP contribution in [0, 0.1) is 0 Å². The maximum Gasteiger partial charge on any atom is 0.187 e. The highest BCUT2D eigenvalue weighted by Crippen LogP contribution is 2.05. The first-order chi connectivity index (χ1) is 4.50. The molecule has 0 rings (SSSR count). The van der Waals surface area contributed by atoms with Gasteiger partial charge in [-0.15, -0.1) is 0 Å². The lowest BCUT2D eigenvalue weighted by Gasteiger charge is -2.32. The van der Waals surface area contributed by atoms with Crippen molar-refractivity contribution in [1.82, 2.24) is 0 Å². The minimum absolute atomic E-state index is 0.244. The monoisotopic (exact) mass is 146 g/mol. The number of unbranched alkanes of at least 4 members (excludes halogenated alkanes) is 1. The van der Waals surface area contributed by atoms with E-state index >= 15 is 0 Å². The molecule has 0 saturated carbocycles. The molecule has 0 fully saturated rings. The van der Waals surface area contributed by atoms with E-state index in [1.54, 1.807) is 0 Å². The summed E-state index contributed by atoms with van der Waals surface area (Å²) in [6.45, 7) is 5.08. The van der Waals surface area contributed by atoms with Gasteiger partial charge in [-0.3, -0.25) is 0 Å². The van der Waals surface area contributed by atoms with Gasteiger partial charge in [0, 0.05) is 6.92 Å². The third-order valence-corrected chi connectivity index (χ3v) is 2.10. The van der Waals surface area contributed by atoms with Crippen LogP contribution in [0.3, 0.4) is 0 Å². The summed E-state index contributed by atoms with van der Waals surface area (Å²) in [5, 5.41) is 9.28. The number of rotatable bonds is 4. The van der Waals surface area contributed by atoms with E-state index in [0.29, 0.717) is 4.48 Å². The fraction of sp³-hybridized carbons (Fsp3) is 1.00. The van der Waals surface area contributed by atoms with E-state index in [-0.39, 0.29) is 6.23 Å². The smallest absolute Gasteiger partial charge is 0.187 e. The van der Waals surface area contributed by atoms with Gasteiger partial charge in [0.1, 0.15) is 0 Å². The molecule has 1 N–H and O–H groups in total. The van der Waals surface area contributed by atoms with Crippen molar-refractivity contribution in [1.29, 1.82) is 0 Å². The van der Waals surface area contributed by atoms with Crippen molar-refractivity contribution in [3.05, 3.63) is 0 Å². The number of aliphatic hydroxyl groups is 1. The van der Waals surface area contributed by atoms with E-state index in [9.17, 15) is 5.11 Å². The van der Waals surface area contributed by atoms with Gasteiger partial charge < -0.3 is 9.59 Å². The third kappa shape index (κ3) is 3.18. The minimum Gasteiger partial charge on any atom is -0.345 e. The molecule has 0 aromatic heterocycles. The van der Waals surface area contributed by atoms with Crippen molar-refractivity contribution < 1.29 is 9.59 Å². The first kappa shape index (κ1) is 9.92. The van der Waals surface area contributed by atoms with Gasteiger partial charge in [-0.25, -0.2) is 0 Å². The Balaban J connectivity index is 3.63. The molecule has 0 aliphatic carbocycles. The molecular formula is C8H20NO+. The topological polar surface area (TPSA) is 20.2 Å². The second-order valence-corrected chi connectivity index (χ2v) is 3.49. The van der Waals surface area contributed by atoms with Crippen LogP contribution in [0.1, 0.15) is 26.7 Å². The lowest BCUT2D eigenvalue weighted by molar-refractivity contribution is -0.934. The molecule has 0 heterocycles. The summed E-state index contributed by atoms with van der Waals surface area (Å²) >= 11 is 0. The number of aliphatic hydroxyl groups excluding tert-OH is 1. The van der Waals surface area contributed by atoms with Crippen molar-refractivity contribution in [2.75, 3.05) is 20.6 Å². The summed E-state index contributed by atoms with van der Waals surface area (Å²) in [6.07, 6.45) is 2.15. The van der Waals surface area contributed by atoms with Gasteiger partial charge in [0.05, 0.1) is 20.6 Å². The second-order valence-electron chi connectivity index (χ2n) is 3.49. The summed E-state index contributed by atoms with van der Waals surface area (Å²) in [7, 11) is 4.11. The molecule has 0 aromatic rings. The number of hydrogen-bond acceptors (Lipinski definition) is 1. The predicted octanol–water partition coefficient (Wildman–Crippen LogP) is 1.20. The summed E-state index contributed by atoms with van der Waals surface area (Å²) in [5.74, 6) is 0. The molecule has 0 aliphatic heterocycles. The van der Waals surface area contributed by atoms with Crippen molar-refractivity contribution >= 4 is 0 Å². The van der Waals surface area contributed by atoms with Crippen LogP contribution < -0.4 is 0 Å². The maximum absolute atomic E-state index is 9.28. The Morgan fingerprint density at radius 3 is 2.20 bits per heavy atom. The van der Waals surface area contributed by atoms with Gasteiger partial charge in [-0.05, 0) is 6.42 Å². The van der Waals surface area contributed by atoms with Crippen LogP contribution in [-0.4, -0.2) is 36.5 Å². The summed E-state index contributed by atoms with van der Waals surface area (Å²) < 4.78 is 0.716. The minimum atomic E-state index is -0.244. The quantitative estimate of drug-likeness (QED) is 0.467. The standard InChI is InChI=1S/C8H20NO/c1-5-6-7-9(3,4)8(2)10/h8,10H,5-7H2,1-4H3/q+1. The van der Waals surface area contributed by atoms with Crippen molar-refractivity contribution in [3.63, 3.8) is 0 Å². The van der Waals surface area contributed by atoms with Crippen molar-refractivity contribution in [2.45, 2.75) is 32.9 Å². The number of nitrogens with zero attached hydrogens (tertiary/aromatic N) is 1. The lowest BCUT2D eigenvalue weighted by Crippen LogP contribution is -2.47. The highest BCUT2D eigenvalue weighted by molar-refractivity contribution is 4.35. The number of hydrogen-bond donors (Lipinski definition) is 1. The molecule has 0 aliphatic rings. The zero-order valence-corrected chi connectivity index (χ0v) is 7.59. The Hall–Kier alpha value is -0.0800. The van der Waals surface area contributed by atoms with E-state index in [1.807, 2.05) is 6.92 Å². The summed E-state index contributed by atoms with van der Waals surface area (Å²) in [4.78, 5) is 0. The Morgan fingerprint density at radius 1 is 1.40 bits per heavy atom. The van der Waals surface area contributed by atoms with Crippen molar-refractivity contribution in [3.8, 4) is 0 Å². The first-order valence-electron chi connectivity index (χ1n) is 4.01. The van der Waals surface area contributed by atoms with E-state index in [4.69, 9.17) is 0 Å². The average molecular weight is 146 g/mol. The largest absolute Gasteiger partial charge is 0.345 e. The molecule has 0 amide bonds. The average Bonchev–Trinajstić information content (AvgIpc) is 1.84. The molecule has 2 heteroatoms. The highest BCUT2D eigenvalue weighted by Gasteiger charge is 2.19. The van der Waals surface area contributed by atoms with Gasteiger partial charge in [-0.1, -0.05) is 13.3 Å². The highest BCUT2D eigenvalue weighted by atomic mass is 16.3. The summed E-state index contributed by atoms with van der Waals surface area (Å²) in [5.41, 5.74) is 0. The normalized spacial score (nSPS) is 15.3. The van der Waals surface area contributed by atoms with Crippen LogP contribution in [0.4, 0.5) is 0 Å². The van der Waals surface area contributed by atoms with Crippen LogP contribution in [0.5, 0.6) is 0 Å². The molecule has 62 valence electrons. The van der Waals surface area contributed by atoms with Gasteiger partial charge in [0.15, 0.2) is 6.23 Å². The van der Waals surface area contributed by atoms with E-state index in [1.165, 1.54) is 12.8 Å². The molecular weight excluding hydrogens is 126 g/mol. The molecule has 0 radical (unpaired) electrons. The predicted molar refractivity (Wildman–Crippen MR) is 43.6 cm³/mol. The van der Waals surface area contributed by atoms with Crippen LogP contribution in [-0.2, 0) is 0 Å². The SMILES string of the molecule is CCCC[N+](C)(C)C(C)O. The third-order valence-electron chi connectivity index (χ3n) is 2.10. The molecule has 1 unspecified atom stereocenters. The van der Waals surface area contributed by atoms with Crippen LogP contribution in [0.15, 0.2) is 0 Å². The molecule has 0 aromatic carbocycles. The molecule has 0 saturated heterocycles. The Bertz CT molecular complexity index is 89.3. The van der Waals surface area contributed by atoms with E-state index in [0.717, 1.165) is 6.54 Å². The molecule has 1 atom stereocenters. The van der Waals surface area contributed by atoms with Crippen LogP contribution in [0.2, 0.25) is 0 Å².